The van der Waals surface area contributed by atoms with Crippen molar-refractivity contribution in [3.8, 4) is 0 Å². The molecule has 0 spiro atoms. The van der Waals surface area contributed by atoms with Crippen LogP contribution in [0.5, 0.6) is 0 Å². The van der Waals surface area contributed by atoms with E-state index < -0.39 is 0 Å². The molecule has 1 aliphatic rings. The van der Waals surface area contributed by atoms with Crippen LogP contribution in [0.4, 0.5) is 4.79 Å². The highest BCUT2D eigenvalue weighted by Gasteiger charge is 2.24. The van der Waals surface area contributed by atoms with Crippen LogP contribution in [-0.2, 0) is 4.74 Å². The van der Waals surface area contributed by atoms with Crippen molar-refractivity contribution in [1.29, 1.82) is 0 Å². The third-order valence-corrected chi connectivity index (χ3v) is 5.62. The first-order valence-electron chi connectivity index (χ1n) is 9.69. The number of nitrogens with one attached hydrogen (secondary N) is 1. The summed E-state index contributed by atoms with van der Waals surface area (Å²) in [7, 11) is 1.82. The van der Waals surface area contributed by atoms with Crippen LogP contribution >= 0.6 is 11.6 Å². The molecule has 0 aromatic heterocycles. The average Bonchev–Trinajstić information content (AvgIpc) is 2.75. The van der Waals surface area contributed by atoms with E-state index in [2.05, 4.69) is 22.3 Å². The Bertz CT molecular complexity index is 748. The number of urea groups is 1. The van der Waals surface area contributed by atoms with Crippen LogP contribution in [0.1, 0.15) is 30.1 Å². The van der Waals surface area contributed by atoms with Gasteiger partial charge in [0.25, 0.3) is 0 Å². The standard InChI is InChI=1S/C22H28ClN3O2/c1-17(18-8-10-20(23)11-9-18)25(2)22(27)24-16-21(19-6-4-3-5-7-19)26-12-14-28-15-13-26/h3-11,17,21H,12-16H2,1-2H3,(H,24,27)/t17-,21+/m1/s1. The van der Waals surface area contributed by atoms with Crippen LogP contribution in [0.15, 0.2) is 54.6 Å². The lowest BCUT2D eigenvalue weighted by molar-refractivity contribution is 0.0164. The second-order valence-electron chi connectivity index (χ2n) is 7.10. The molecule has 5 nitrogen and oxygen atoms in total. The third-order valence-electron chi connectivity index (χ3n) is 5.37. The summed E-state index contributed by atoms with van der Waals surface area (Å²) < 4.78 is 5.49. The zero-order chi connectivity index (χ0) is 19.9. The van der Waals surface area contributed by atoms with E-state index >= 15 is 0 Å². The molecule has 2 amide bonds. The molecule has 2 atom stereocenters. The Balaban J connectivity index is 1.64. The minimum absolute atomic E-state index is 0.0455. The second-order valence-corrected chi connectivity index (χ2v) is 7.54. The number of nitrogens with zero attached hydrogens (tertiary/aromatic N) is 2. The maximum Gasteiger partial charge on any atom is 0.317 e. The van der Waals surface area contributed by atoms with Gasteiger partial charge in [-0.1, -0.05) is 54.1 Å². The molecule has 0 unspecified atom stereocenters. The molecule has 1 aliphatic heterocycles. The SMILES string of the molecule is C[C@H](c1ccc(Cl)cc1)N(C)C(=O)NC[C@@H](c1ccccc1)N1CCOCC1. The van der Waals surface area contributed by atoms with Gasteiger partial charge in [0.1, 0.15) is 0 Å². The topological polar surface area (TPSA) is 44.8 Å². The van der Waals surface area contributed by atoms with E-state index in [9.17, 15) is 4.79 Å². The number of ether oxygens (including phenoxy) is 1. The Morgan fingerprint density at radius 3 is 2.39 bits per heavy atom. The lowest BCUT2D eigenvalue weighted by atomic mass is 10.0. The fraction of sp³-hybridized carbons (Fsp3) is 0.409. The first kappa shape index (κ1) is 20.6. The van der Waals surface area contributed by atoms with Gasteiger partial charge in [0.15, 0.2) is 0 Å². The van der Waals surface area contributed by atoms with Gasteiger partial charge in [-0.3, -0.25) is 4.90 Å². The molecule has 1 N–H and O–H groups in total. The minimum Gasteiger partial charge on any atom is -0.379 e. The largest absolute Gasteiger partial charge is 0.379 e. The molecule has 1 heterocycles. The molecular weight excluding hydrogens is 374 g/mol. The summed E-state index contributed by atoms with van der Waals surface area (Å²) in [6.45, 7) is 5.76. The van der Waals surface area contributed by atoms with Gasteiger partial charge in [-0.2, -0.15) is 0 Å². The molecule has 1 fully saturated rings. The van der Waals surface area contributed by atoms with Gasteiger partial charge < -0.3 is 15.0 Å². The maximum atomic E-state index is 12.8. The van der Waals surface area contributed by atoms with Crippen molar-refractivity contribution in [3.05, 3.63) is 70.7 Å². The summed E-state index contributed by atoms with van der Waals surface area (Å²) in [6.07, 6.45) is 0. The highest BCUT2D eigenvalue weighted by Crippen LogP contribution is 2.23. The van der Waals surface area contributed by atoms with E-state index in [1.165, 1.54) is 5.56 Å². The second kappa shape index (κ2) is 9.92. The molecule has 2 aromatic carbocycles. The van der Waals surface area contributed by atoms with E-state index in [1.54, 1.807) is 4.90 Å². The quantitative estimate of drug-likeness (QED) is 0.792. The van der Waals surface area contributed by atoms with Gasteiger partial charge in [-0.05, 0) is 30.2 Å². The van der Waals surface area contributed by atoms with E-state index in [-0.39, 0.29) is 18.1 Å². The molecule has 0 radical (unpaired) electrons. The van der Waals surface area contributed by atoms with Crippen LogP contribution in [0, 0.1) is 0 Å². The van der Waals surface area contributed by atoms with Gasteiger partial charge in [0.2, 0.25) is 0 Å². The predicted octanol–water partition coefficient (Wildman–Crippen LogP) is 4.12. The molecule has 0 saturated carbocycles. The highest BCUT2D eigenvalue weighted by molar-refractivity contribution is 6.30. The Hall–Kier alpha value is -2.08. The van der Waals surface area contributed by atoms with Crippen molar-refractivity contribution in [2.75, 3.05) is 39.9 Å². The molecule has 0 bridgehead atoms. The fourth-order valence-corrected chi connectivity index (χ4v) is 3.60. The molecule has 1 saturated heterocycles. The first-order chi connectivity index (χ1) is 13.6. The van der Waals surface area contributed by atoms with Gasteiger partial charge in [-0.25, -0.2) is 4.79 Å². The van der Waals surface area contributed by atoms with E-state index in [4.69, 9.17) is 16.3 Å². The van der Waals surface area contributed by atoms with Crippen LogP contribution in [0.25, 0.3) is 0 Å². The molecule has 3 rings (SSSR count). The molecule has 2 aromatic rings. The maximum absolute atomic E-state index is 12.8. The molecule has 28 heavy (non-hydrogen) atoms. The summed E-state index contributed by atoms with van der Waals surface area (Å²) in [5.41, 5.74) is 2.26. The van der Waals surface area contributed by atoms with Crippen LogP contribution < -0.4 is 5.32 Å². The first-order valence-corrected chi connectivity index (χ1v) is 10.1. The molecule has 150 valence electrons. The number of benzene rings is 2. The summed E-state index contributed by atoms with van der Waals surface area (Å²) >= 11 is 5.97. The number of hydrogen-bond donors (Lipinski definition) is 1. The van der Waals surface area contributed by atoms with E-state index in [0.29, 0.717) is 11.6 Å². The van der Waals surface area contributed by atoms with Crippen molar-refractivity contribution < 1.29 is 9.53 Å². The van der Waals surface area contributed by atoms with Crippen LogP contribution in [-0.4, -0.2) is 55.7 Å². The lowest BCUT2D eigenvalue weighted by Gasteiger charge is -2.35. The number of morpholine rings is 1. The zero-order valence-electron chi connectivity index (χ0n) is 16.5. The normalized spacial score (nSPS) is 17.0. The highest BCUT2D eigenvalue weighted by atomic mass is 35.5. The Morgan fingerprint density at radius 2 is 1.75 bits per heavy atom. The van der Waals surface area contributed by atoms with Crippen molar-refractivity contribution >= 4 is 17.6 Å². The van der Waals surface area contributed by atoms with Crippen LogP contribution in [0.3, 0.4) is 0 Å². The Morgan fingerprint density at radius 1 is 1.11 bits per heavy atom. The summed E-state index contributed by atoms with van der Waals surface area (Å²) in [6, 6.07) is 17.9. The van der Waals surface area contributed by atoms with Gasteiger partial charge >= 0.3 is 6.03 Å². The fourth-order valence-electron chi connectivity index (χ4n) is 3.47. The van der Waals surface area contributed by atoms with Crippen LogP contribution in [0.2, 0.25) is 5.02 Å². The monoisotopic (exact) mass is 401 g/mol. The van der Waals surface area contributed by atoms with Gasteiger partial charge in [-0.15, -0.1) is 0 Å². The molecule has 0 aliphatic carbocycles. The van der Waals surface area contributed by atoms with Crippen molar-refractivity contribution in [2.45, 2.75) is 19.0 Å². The molecular formula is C22H28ClN3O2. The Labute approximate surface area is 172 Å². The average molecular weight is 402 g/mol. The predicted molar refractivity (Wildman–Crippen MR) is 113 cm³/mol. The summed E-state index contributed by atoms with van der Waals surface area (Å²) in [4.78, 5) is 16.9. The summed E-state index contributed by atoms with van der Waals surface area (Å²) in [5.74, 6) is 0. The Kier molecular flexibility index (Phi) is 7.31. The number of carbonyl (C=O) groups is 1. The number of carbonyl (C=O) groups excluding carboxylic acids is 1. The van der Waals surface area contributed by atoms with Crippen molar-refractivity contribution in [2.24, 2.45) is 0 Å². The smallest absolute Gasteiger partial charge is 0.317 e. The number of rotatable bonds is 6. The summed E-state index contributed by atoms with van der Waals surface area (Å²) in [5, 5.41) is 3.81. The third kappa shape index (κ3) is 5.25. The van der Waals surface area contributed by atoms with Crippen molar-refractivity contribution in [1.82, 2.24) is 15.1 Å². The number of hydrogen-bond acceptors (Lipinski definition) is 3. The minimum atomic E-state index is -0.0864. The van der Waals surface area contributed by atoms with E-state index in [0.717, 1.165) is 31.9 Å². The lowest BCUT2D eigenvalue weighted by Crippen LogP contribution is -2.46. The number of halogens is 1. The van der Waals surface area contributed by atoms with Gasteiger partial charge in [0.05, 0.1) is 25.3 Å². The molecule has 6 heteroatoms. The van der Waals surface area contributed by atoms with E-state index in [1.807, 2.05) is 56.4 Å². The zero-order valence-corrected chi connectivity index (χ0v) is 17.2. The van der Waals surface area contributed by atoms with Crippen molar-refractivity contribution in [3.63, 3.8) is 0 Å². The number of amides is 2. The van der Waals surface area contributed by atoms with Gasteiger partial charge in [0, 0.05) is 31.7 Å².